The molecule has 0 aromatic heterocycles. The van der Waals surface area contributed by atoms with E-state index in [1.54, 1.807) is 0 Å². The largest absolute Gasteiger partial charge is 0.308 e. The van der Waals surface area contributed by atoms with Gasteiger partial charge in [0.1, 0.15) is 0 Å². The normalized spacial score (nSPS) is 15.1. The fourth-order valence-corrected chi connectivity index (χ4v) is 2.18. The van der Waals surface area contributed by atoms with Crippen LogP contribution in [0.15, 0.2) is 24.3 Å². The lowest BCUT2D eigenvalue weighted by Gasteiger charge is -2.21. The van der Waals surface area contributed by atoms with E-state index >= 15 is 0 Å². The van der Waals surface area contributed by atoms with E-state index in [1.807, 2.05) is 12.1 Å². The average molecular weight is 240 g/mol. The Morgan fingerprint density at radius 1 is 1.06 bits per heavy atom. The van der Waals surface area contributed by atoms with E-state index in [0.717, 1.165) is 10.9 Å². The highest BCUT2D eigenvalue weighted by Gasteiger charge is 2.10. The smallest absolute Gasteiger partial charge is 0.0406 e. The molecule has 0 aliphatic heterocycles. The standard InChI is InChI=1S/C14H22ClN/c1-10(2)9-11(3)16-12(4)13-5-7-14(15)8-6-13/h5-8,10-12,16H,9H2,1-4H3/t11?,12-/m1/s1. The molecule has 0 amide bonds. The Kier molecular flexibility index (Phi) is 5.30. The van der Waals surface area contributed by atoms with Crippen molar-refractivity contribution >= 4 is 11.6 Å². The van der Waals surface area contributed by atoms with Crippen molar-refractivity contribution in [3.05, 3.63) is 34.9 Å². The van der Waals surface area contributed by atoms with E-state index in [2.05, 4.69) is 45.1 Å². The van der Waals surface area contributed by atoms with Crippen molar-refractivity contribution in [3.8, 4) is 0 Å². The Bertz CT molecular complexity index is 305. The first-order chi connectivity index (χ1) is 7.49. The number of halogens is 1. The second-order valence-corrected chi connectivity index (χ2v) is 5.41. The first-order valence-electron chi connectivity index (χ1n) is 6.00. The Hall–Kier alpha value is -0.530. The Labute approximate surface area is 104 Å². The molecule has 0 aliphatic rings. The van der Waals surface area contributed by atoms with Gasteiger partial charge in [-0.3, -0.25) is 0 Å². The number of benzene rings is 1. The van der Waals surface area contributed by atoms with Crippen molar-refractivity contribution in [1.29, 1.82) is 0 Å². The Morgan fingerprint density at radius 2 is 1.62 bits per heavy atom. The number of nitrogens with one attached hydrogen (secondary N) is 1. The van der Waals surface area contributed by atoms with Crippen LogP contribution in [0.3, 0.4) is 0 Å². The fourth-order valence-electron chi connectivity index (χ4n) is 2.05. The average Bonchev–Trinajstić information content (AvgIpc) is 2.16. The Balaban J connectivity index is 2.51. The van der Waals surface area contributed by atoms with Gasteiger partial charge in [0.05, 0.1) is 0 Å². The molecule has 0 fully saturated rings. The molecule has 1 nitrogen and oxygen atoms in total. The predicted octanol–water partition coefficient (Wildman–Crippen LogP) is 4.43. The summed E-state index contributed by atoms with van der Waals surface area (Å²) in [4.78, 5) is 0. The molecule has 0 aliphatic carbocycles. The Morgan fingerprint density at radius 3 is 2.12 bits per heavy atom. The quantitative estimate of drug-likeness (QED) is 0.802. The summed E-state index contributed by atoms with van der Waals surface area (Å²) in [7, 11) is 0. The minimum absolute atomic E-state index is 0.381. The van der Waals surface area contributed by atoms with Crippen molar-refractivity contribution in [1.82, 2.24) is 5.32 Å². The van der Waals surface area contributed by atoms with Gasteiger partial charge in [0.2, 0.25) is 0 Å². The molecule has 1 aromatic rings. The summed E-state index contributed by atoms with van der Waals surface area (Å²) >= 11 is 5.87. The minimum Gasteiger partial charge on any atom is -0.308 e. The summed E-state index contributed by atoms with van der Waals surface area (Å²) in [6.45, 7) is 8.95. The summed E-state index contributed by atoms with van der Waals surface area (Å²) in [6.07, 6.45) is 1.21. The lowest BCUT2D eigenvalue weighted by Crippen LogP contribution is -2.30. The van der Waals surface area contributed by atoms with Crippen LogP contribution in [0.25, 0.3) is 0 Å². The van der Waals surface area contributed by atoms with Crippen molar-refractivity contribution < 1.29 is 0 Å². The van der Waals surface area contributed by atoms with Gasteiger partial charge in [-0.15, -0.1) is 0 Å². The molecular weight excluding hydrogens is 218 g/mol. The molecule has 2 atom stereocenters. The molecule has 1 rings (SSSR count). The van der Waals surface area contributed by atoms with Crippen molar-refractivity contribution in [2.24, 2.45) is 5.92 Å². The fraction of sp³-hybridized carbons (Fsp3) is 0.571. The van der Waals surface area contributed by atoms with E-state index in [1.165, 1.54) is 12.0 Å². The molecule has 0 saturated heterocycles. The van der Waals surface area contributed by atoms with Crippen LogP contribution in [-0.2, 0) is 0 Å². The van der Waals surface area contributed by atoms with Crippen LogP contribution in [0.4, 0.5) is 0 Å². The highest BCUT2D eigenvalue weighted by Crippen LogP contribution is 2.17. The van der Waals surface area contributed by atoms with E-state index in [4.69, 9.17) is 11.6 Å². The van der Waals surface area contributed by atoms with Crippen LogP contribution < -0.4 is 5.32 Å². The number of hydrogen-bond acceptors (Lipinski definition) is 1. The predicted molar refractivity (Wildman–Crippen MR) is 71.9 cm³/mol. The summed E-state index contributed by atoms with van der Waals surface area (Å²) < 4.78 is 0. The summed E-state index contributed by atoms with van der Waals surface area (Å²) in [6, 6.07) is 8.99. The zero-order valence-electron chi connectivity index (χ0n) is 10.6. The SMILES string of the molecule is CC(C)CC(C)N[C@H](C)c1ccc(Cl)cc1. The van der Waals surface area contributed by atoms with Crippen molar-refractivity contribution in [3.63, 3.8) is 0 Å². The van der Waals surface area contributed by atoms with Gasteiger partial charge in [0, 0.05) is 17.1 Å². The second-order valence-electron chi connectivity index (χ2n) is 4.97. The van der Waals surface area contributed by atoms with E-state index in [0.29, 0.717) is 12.1 Å². The van der Waals surface area contributed by atoms with Gasteiger partial charge >= 0.3 is 0 Å². The van der Waals surface area contributed by atoms with Crippen LogP contribution in [0.2, 0.25) is 5.02 Å². The van der Waals surface area contributed by atoms with Crippen LogP contribution in [0.5, 0.6) is 0 Å². The number of hydrogen-bond donors (Lipinski definition) is 1. The zero-order valence-corrected chi connectivity index (χ0v) is 11.4. The van der Waals surface area contributed by atoms with Crippen LogP contribution in [-0.4, -0.2) is 6.04 Å². The molecule has 0 saturated carbocycles. The maximum Gasteiger partial charge on any atom is 0.0406 e. The topological polar surface area (TPSA) is 12.0 Å². The van der Waals surface area contributed by atoms with Gasteiger partial charge in [0.25, 0.3) is 0 Å². The van der Waals surface area contributed by atoms with Crippen LogP contribution in [0.1, 0.15) is 45.7 Å². The summed E-state index contributed by atoms with van der Waals surface area (Å²) in [5, 5.41) is 4.40. The first kappa shape index (κ1) is 13.5. The molecule has 90 valence electrons. The van der Waals surface area contributed by atoms with Gasteiger partial charge in [0.15, 0.2) is 0 Å². The lowest BCUT2D eigenvalue weighted by molar-refractivity contribution is 0.407. The third-order valence-corrected chi connectivity index (χ3v) is 2.98. The molecule has 16 heavy (non-hydrogen) atoms. The molecule has 0 spiro atoms. The minimum atomic E-state index is 0.381. The van der Waals surface area contributed by atoms with Crippen LogP contribution in [0, 0.1) is 5.92 Å². The second kappa shape index (κ2) is 6.27. The third-order valence-electron chi connectivity index (χ3n) is 2.73. The lowest BCUT2D eigenvalue weighted by atomic mass is 10.0. The van der Waals surface area contributed by atoms with Gasteiger partial charge in [-0.1, -0.05) is 37.6 Å². The molecule has 1 aromatic carbocycles. The van der Waals surface area contributed by atoms with E-state index < -0.39 is 0 Å². The van der Waals surface area contributed by atoms with Gasteiger partial charge in [-0.05, 0) is 43.9 Å². The molecule has 0 radical (unpaired) electrons. The number of rotatable bonds is 5. The summed E-state index contributed by atoms with van der Waals surface area (Å²) in [5.74, 6) is 0.736. The third kappa shape index (κ3) is 4.54. The summed E-state index contributed by atoms with van der Waals surface area (Å²) in [5.41, 5.74) is 1.29. The highest BCUT2D eigenvalue weighted by atomic mass is 35.5. The maximum absolute atomic E-state index is 5.87. The monoisotopic (exact) mass is 239 g/mol. The molecule has 1 unspecified atom stereocenters. The van der Waals surface area contributed by atoms with Gasteiger partial charge < -0.3 is 5.32 Å². The molecule has 1 N–H and O–H groups in total. The van der Waals surface area contributed by atoms with Crippen molar-refractivity contribution in [2.45, 2.75) is 46.2 Å². The van der Waals surface area contributed by atoms with Crippen molar-refractivity contribution in [2.75, 3.05) is 0 Å². The van der Waals surface area contributed by atoms with Crippen LogP contribution >= 0.6 is 11.6 Å². The first-order valence-corrected chi connectivity index (χ1v) is 6.38. The maximum atomic E-state index is 5.87. The molecular formula is C14H22ClN. The molecule has 0 bridgehead atoms. The highest BCUT2D eigenvalue weighted by molar-refractivity contribution is 6.30. The van der Waals surface area contributed by atoms with Gasteiger partial charge in [-0.25, -0.2) is 0 Å². The zero-order chi connectivity index (χ0) is 12.1. The molecule has 2 heteroatoms. The van der Waals surface area contributed by atoms with Gasteiger partial charge in [-0.2, -0.15) is 0 Å². The van der Waals surface area contributed by atoms with E-state index in [9.17, 15) is 0 Å². The van der Waals surface area contributed by atoms with E-state index in [-0.39, 0.29) is 0 Å². The molecule has 0 heterocycles.